The third kappa shape index (κ3) is 6.14. The molecule has 2 unspecified atom stereocenters. The van der Waals surface area contributed by atoms with E-state index in [2.05, 4.69) is 12.2 Å². The predicted molar refractivity (Wildman–Crippen MR) is 94.5 cm³/mol. The number of rotatable bonds is 8. The molecule has 128 valence electrons. The molecule has 0 aromatic heterocycles. The first-order chi connectivity index (χ1) is 11.5. The molecule has 0 bridgehead atoms. The number of aliphatic hydroxyl groups is 1. The van der Waals surface area contributed by atoms with E-state index < -0.39 is 6.10 Å². The summed E-state index contributed by atoms with van der Waals surface area (Å²) in [5.41, 5.74) is 3.11. The van der Waals surface area contributed by atoms with Gasteiger partial charge in [-0.3, -0.25) is 4.79 Å². The molecule has 0 radical (unpaired) electrons. The average Bonchev–Trinajstić information content (AvgIpc) is 2.60. The minimum atomic E-state index is -0.500. The van der Waals surface area contributed by atoms with Crippen molar-refractivity contribution in [2.75, 3.05) is 6.54 Å². The Morgan fingerprint density at radius 2 is 1.71 bits per heavy atom. The fraction of sp³-hybridized carbons (Fsp3) is 0.350. The first-order valence-electron chi connectivity index (χ1n) is 8.22. The zero-order valence-electron chi connectivity index (χ0n) is 14.2. The van der Waals surface area contributed by atoms with Crippen LogP contribution in [0.4, 0.5) is 0 Å². The quantitative estimate of drug-likeness (QED) is 0.732. The predicted octanol–water partition coefficient (Wildman–Crippen LogP) is 3.00. The SMILES string of the molecule is CC(=O)OCc1ccc(CC(C)NCC(O)c2ccccc2)cc1. The van der Waals surface area contributed by atoms with E-state index in [0.29, 0.717) is 13.2 Å². The average molecular weight is 327 g/mol. The minimum absolute atomic E-state index is 0.252. The Kier molecular flexibility index (Phi) is 6.97. The molecule has 0 spiro atoms. The molecule has 2 atom stereocenters. The van der Waals surface area contributed by atoms with Gasteiger partial charge in [-0.25, -0.2) is 0 Å². The lowest BCUT2D eigenvalue weighted by Gasteiger charge is -2.17. The lowest BCUT2D eigenvalue weighted by atomic mass is 10.0. The van der Waals surface area contributed by atoms with E-state index in [9.17, 15) is 9.90 Å². The maximum Gasteiger partial charge on any atom is 0.302 e. The van der Waals surface area contributed by atoms with Crippen LogP contribution in [-0.2, 0) is 22.6 Å². The lowest BCUT2D eigenvalue weighted by molar-refractivity contribution is -0.142. The van der Waals surface area contributed by atoms with E-state index >= 15 is 0 Å². The van der Waals surface area contributed by atoms with Gasteiger partial charge in [-0.1, -0.05) is 54.6 Å². The van der Waals surface area contributed by atoms with Gasteiger partial charge >= 0.3 is 5.97 Å². The highest BCUT2D eigenvalue weighted by Gasteiger charge is 2.09. The van der Waals surface area contributed by atoms with Crippen LogP contribution in [0.25, 0.3) is 0 Å². The molecule has 4 heteroatoms. The first-order valence-corrected chi connectivity index (χ1v) is 8.22. The third-order valence-corrected chi connectivity index (χ3v) is 3.85. The molecule has 2 N–H and O–H groups in total. The summed E-state index contributed by atoms with van der Waals surface area (Å²) in [4.78, 5) is 10.8. The highest BCUT2D eigenvalue weighted by molar-refractivity contribution is 5.65. The molecular weight excluding hydrogens is 302 g/mol. The minimum Gasteiger partial charge on any atom is -0.461 e. The van der Waals surface area contributed by atoms with Crippen LogP contribution in [0.3, 0.4) is 0 Å². The molecule has 0 saturated carbocycles. The van der Waals surface area contributed by atoms with Crippen molar-refractivity contribution >= 4 is 5.97 Å². The van der Waals surface area contributed by atoms with E-state index in [0.717, 1.165) is 17.5 Å². The van der Waals surface area contributed by atoms with Crippen LogP contribution in [0.5, 0.6) is 0 Å². The second kappa shape index (κ2) is 9.21. The van der Waals surface area contributed by atoms with E-state index in [-0.39, 0.29) is 12.0 Å². The third-order valence-electron chi connectivity index (χ3n) is 3.85. The number of aliphatic hydroxyl groups excluding tert-OH is 1. The molecule has 2 aromatic rings. The van der Waals surface area contributed by atoms with Gasteiger partial charge in [0.25, 0.3) is 0 Å². The van der Waals surface area contributed by atoms with Gasteiger partial charge in [-0.05, 0) is 30.0 Å². The molecule has 0 aliphatic rings. The Bertz CT molecular complexity index is 625. The summed E-state index contributed by atoms with van der Waals surface area (Å²) in [6.45, 7) is 4.35. The molecule has 2 aromatic carbocycles. The van der Waals surface area contributed by atoms with Crippen LogP contribution < -0.4 is 5.32 Å². The molecule has 2 rings (SSSR count). The normalized spacial score (nSPS) is 13.3. The molecule has 0 amide bonds. The molecule has 0 heterocycles. The van der Waals surface area contributed by atoms with Crippen molar-refractivity contribution in [3.8, 4) is 0 Å². The van der Waals surface area contributed by atoms with Crippen molar-refractivity contribution in [3.63, 3.8) is 0 Å². The Hall–Kier alpha value is -2.17. The number of benzene rings is 2. The molecule has 0 aliphatic carbocycles. The zero-order chi connectivity index (χ0) is 17.4. The van der Waals surface area contributed by atoms with E-state index in [1.54, 1.807) is 0 Å². The molecule has 0 fully saturated rings. The van der Waals surface area contributed by atoms with E-state index in [1.165, 1.54) is 12.5 Å². The van der Waals surface area contributed by atoms with Crippen LogP contribution in [0.1, 0.15) is 36.6 Å². The Balaban J connectivity index is 1.77. The number of hydrogen-bond donors (Lipinski definition) is 2. The van der Waals surface area contributed by atoms with Gasteiger partial charge in [0, 0.05) is 19.5 Å². The van der Waals surface area contributed by atoms with Crippen molar-refractivity contribution in [3.05, 3.63) is 71.3 Å². The Morgan fingerprint density at radius 1 is 1.08 bits per heavy atom. The van der Waals surface area contributed by atoms with Crippen molar-refractivity contribution in [2.45, 2.75) is 39.0 Å². The summed E-state index contributed by atoms with van der Waals surface area (Å²) in [5.74, 6) is -0.270. The number of nitrogens with one attached hydrogen (secondary N) is 1. The van der Waals surface area contributed by atoms with Crippen molar-refractivity contribution in [2.24, 2.45) is 0 Å². The maximum absolute atomic E-state index is 10.8. The number of carbonyl (C=O) groups is 1. The van der Waals surface area contributed by atoms with Crippen LogP contribution in [0, 0.1) is 0 Å². The van der Waals surface area contributed by atoms with Gasteiger partial charge in [0.05, 0.1) is 6.10 Å². The van der Waals surface area contributed by atoms with Gasteiger partial charge in [0.2, 0.25) is 0 Å². The highest BCUT2D eigenvalue weighted by Crippen LogP contribution is 2.12. The van der Waals surface area contributed by atoms with Crippen molar-refractivity contribution < 1.29 is 14.6 Å². The molecule has 4 nitrogen and oxygen atoms in total. The summed E-state index contributed by atoms with van der Waals surface area (Å²) in [7, 11) is 0. The number of carbonyl (C=O) groups excluding carboxylic acids is 1. The van der Waals surface area contributed by atoms with Crippen LogP contribution in [0.15, 0.2) is 54.6 Å². The van der Waals surface area contributed by atoms with Crippen LogP contribution in [-0.4, -0.2) is 23.7 Å². The second-order valence-corrected chi connectivity index (χ2v) is 6.04. The summed E-state index contributed by atoms with van der Waals surface area (Å²) in [6, 6.07) is 18.0. The fourth-order valence-electron chi connectivity index (χ4n) is 2.49. The summed E-state index contributed by atoms with van der Waals surface area (Å²) >= 11 is 0. The lowest BCUT2D eigenvalue weighted by Crippen LogP contribution is -2.32. The smallest absolute Gasteiger partial charge is 0.302 e. The number of ether oxygens (including phenoxy) is 1. The highest BCUT2D eigenvalue weighted by atomic mass is 16.5. The van der Waals surface area contributed by atoms with Crippen molar-refractivity contribution in [1.29, 1.82) is 0 Å². The van der Waals surface area contributed by atoms with Gasteiger partial charge in [0.1, 0.15) is 6.61 Å². The Labute approximate surface area is 143 Å². The summed E-state index contributed by atoms with van der Waals surface area (Å²) in [6.07, 6.45) is 0.370. The van der Waals surface area contributed by atoms with E-state index in [1.807, 2.05) is 54.6 Å². The Morgan fingerprint density at radius 3 is 2.33 bits per heavy atom. The first kappa shape index (κ1) is 18.2. The van der Waals surface area contributed by atoms with Gasteiger partial charge in [-0.2, -0.15) is 0 Å². The molecule has 0 saturated heterocycles. The maximum atomic E-state index is 10.8. The largest absolute Gasteiger partial charge is 0.461 e. The zero-order valence-corrected chi connectivity index (χ0v) is 14.2. The second-order valence-electron chi connectivity index (χ2n) is 6.04. The standard InChI is InChI=1S/C20H25NO3/c1-15(21-13-20(23)19-6-4-3-5-7-19)12-17-8-10-18(11-9-17)14-24-16(2)22/h3-11,15,20-21,23H,12-14H2,1-2H3. The molecule has 0 aliphatic heterocycles. The van der Waals surface area contributed by atoms with E-state index in [4.69, 9.17) is 4.74 Å². The van der Waals surface area contributed by atoms with Gasteiger partial charge in [-0.15, -0.1) is 0 Å². The van der Waals surface area contributed by atoms with Crippen LogP contribution in [0.2, 0.25) is 0 Å². The fourth-order valence-corrected chi connectivity index (χ4v) is 2.49. The topological polar surface area (TPSA) is 58.6 Å². The summed E-state index contributed by atoms with van der Waals surface area (Å²) < 4.78 is 4.98. The van der Waals surface area contributed by atoms with Crippen LogP contribution >= 0.6 is 0 Å². The van der Waals surface area contributed by atoms with Crippen molar-refractivity contribution in [1.82, 2.24) is 5.32 Å². The monoisotopic (exact) mass is 327 g/mol. The number of hydrogen-bond acceptors (Lipinski definition) is 4. The molecular formula is C20H25NO3. The molecule has 24 heavy (non-hydrogen) atoms. The number of esters is 1. The van der Waals surface area contributed by atoms with Gasteiger partial charge in [0.15, 0.2) is 0 Å². The van der Waals surface area contributed by atoms with Gasteiger partial charge < -0.3 is 15.2 Å². The summed E-state index contributed by atoms with van der Waals surface area (Å²) in [5, 5.41) is 13.5.